The predicted octanol–water partition coefficient (Wildman–Crippen LogP) is 1.20. The molecular weight excluding hydrogens is 236 g/mol. The Kier molecular flexibility index (Phi) is 2.92. The van der Waals surface area contributed by atoms with E-state index in [0.717, 1.165) is 31.0 Å². The van der Waals surface area contributed by atoms with Crippen molar-refractivity contribution in [2.75, 3.05) is 20.1 Å². The van der Waals surface area contributed by atoms with E-state index in [2.05, 4.69) is 27.4 Å². The molecule has 2 aromatic rings. The fourth-order valence-electron chi connectivity index (χ4n) is 1.76. The molecule has 0 saturated carbocycles. The zero-order valence-electron chi connectivity index (χ0n) is 9.59. The van der Waals surface area contributed by atoms with Gasteiger partial charge in [-0.05, 0) is 18.5 Å². The summed E-state index contributed by atoms with van der Waals surface area (Å²) in [6, 6.07) is 2.58. The molecule has 0 bridgehead atoms. The Hall–Kier alpha value is -1.24. The van der Waals surface area contributed by atoms with Crippen LogP contribution >= 0.6 is 11.3 Å². The number of nitrogens with zero attached hydrogens (tertiary/aromatic N) is 3. The van der Waals surface area contributed by atoms with Gasteiger partial charge in [-0.2, -0.15) is 16.3 Å². The summed E-state index contributed by atoms with van der Waals surface area (Å²) in [5.41, 5.74) is 1.00. The van der Waals surface area contributed by atoms with Gasteiger partial charge in [0.1, 0.15) is 0 Å². The highest BCUT2D eigenvalue weighted by Gasteiger charge is 2.22. The van der Waals surface area contributed by atoms with Crippen LogP contribution in [0.5, 0.6) is 0 Å². The molecule has 5 nitrogen and oxygen atoms in total. The molecule has 0 amide bonds. The third kappa shape index (κ3) is 2.24. The second-order valence-electron chi connectivity index (χ2n) is 4.25. The molecule has 1 saturated heterocycles. The van der Waals surface area contributed by atoms with E-state index in [4.69, 9.17) is 4.52 Å². The Morgan fingerprint density at radius 1 is 1.59 bits per heavy atom. The zero-order chi connectivity index (χ0) is 11.7. The highest BCUT2D eigenvalue weighted by molar-refractivity contribution is 7.08. The molecule has 0 aliphatic carbocycles. The Morgan fingerprint density at radius 2 is 2.47 bits per heavy atom. The average Bonchev–Trinajstić information content (AvgIpc) is 2.82. The number of rotatable bonds is 4. The number of likely N-dealkylation sites (N-methyl/N-ethyl adjacent to an activating group) is 1. The van der Waals surface area contributed by atoms with Gasteiger partial charge < -0.3 is 9.84 Å². The fourth-order valence-corrected chi connectivity index (χ4v) is 2.39. The van der Waals surface area contributed by atoms with Crippen LogP contribution in [0.2, 0.25) is 0 Å². The van der Waals surface area contributed by atoms with E-state index in [-0.39, 0.29) is 0 Å². The van der Waals surface area contributed by atoms with Crippen molar-refractivity contribution in [1.82, 2.24) is 20.4 Å². The van der Waals surface area contributed by atoms with Gasteiger partial charge in [-0.15, -0.1) is 0 Å². The van der Waals surface area contributed by atoms with Crippen molar-refractivity contribution in [2.24, 2.45) is 0 Å². The van der Waals surface area contributed by atoms with Gasteiger partial charge in [0, 0.05) is 24.5 Å². The van der Waals surface area contributed by atoms with Crippen LogP contribution in [0.3, 0.4) is 0 Å². The Labute approximate surface area is 103 Å². The molecule has 0 unspecified atom stereocenters. The lowest BCUT2D eigenvalue weighted by Crippen LogP contribution is -2.55. The monoisotopic (exact) mass is 250 g/mol. The minimum atomic E-state index is 0.595. The van der Waals surface area contributed by atoms with Crippen molar-refractivity contribution < 1.29 is 4.52 Å². The Morgan fingerprint density at radius 3 is 3.12 bits per heavy atom. The molecule has 3 heterocycles. The summed E-state index contributed by atoms with van der Waals surface area (Å²) < 4.78 is 5.24. The number of hydrogen-bond donors (Lipinski definition) is 1. The molecule has 1 aliphatic heterocycles. The van der Waals surface area contributed by atoms with Crippen LogP contribution in [0, 0.1) is 0 Å². The average molecular weight is 250 g/mol. The van der Waals surface area contributed by atoms with E-state index in [1.54, 1.807) is 11.3 Å². The third-order valence-corrected chi connectivity index (χ3v) is 3.69. The van der Waals surface area contributed by atoms with Crippen molar-refractivity contribution in [1.29, 1.82) is 0 Å². The van der Waals surface area contributed by atoms with Gasteiger partial charge >= 0.3 is 0 Å². The second-order valence-corrected chi connectivity index (χ2v) is 5.04. The molecule has 6 heteroatoms. The molecular formula is C11H14N4OS. The SMILES string of the molecule is CN(Cc1noc(-c2ccsc2)n1)C1CNC1. The Balaban J connectivity index is 1.68. The summed E-state index contributed by atoms with van der Waals surface area (Å²) in [5, 5.41) is 11.3. The summed E-state index contributed by atoms with van der Waals surface area (Å²) in [6.45, 7) is 2.83. The molecule has 2 aromatic heterocycles. The molecule has 0 radical (unpaired) electrons. The van der Waals surface area contributed by atoms with E-state index in [0.29, 0.717) is 11.9 Å². The van der Waals surface area contributed by atoms with E-state index in [1.165, 1.54) is 0 Å². The number of hydrogen-bond acceptors (Lipinski definition) is 6. The summed E-state index contributed by atoms with van der Waals surface area (Å²) in [6.07, 6.45) is 0. The lowest BCUT2D eigenvalue weighted by molar-refractivity contribution is 0.168. The molecule has 17 heavy (non-hydrogen) atoms. The van der Waals surface area contributed by atoms with Gasteiger partial charge in [-0.3, -0.25) is 4.90 Å². The standard InChI is InChI=1S/C11H14N4OS/c1-15(9-4-12-5-9)6-10-13-11(16-14-10)8-2-3-17-7-8/h2-3,7,9,12H,4-6H2,1H3. The van der Waals surface area contributed by atoms with Crippen LogP contribution in [0.1, 0.15) is 5.82 Å². The summed E-state index contributed by atoms with van der Waals surface area (Å²) >= 11 is 1.63. The highest BCUT2D eigenvalue weighted by Crippen LogP contribution is 2.20. The maximum Gasteiger partial charge on any atom is 0.258 e. The molecule has 0 aromatic carbocycles. The minimum Gasteiger partial charge on any atom is -0.334 e. The molecule has 1 fully saturated rings. The van der Waals surface area contributed by atoms with E-state index in [9.17, 15) is 0 Å². The van der Waals surface area contributed by atoms with Gasteiger partial charge in [0.15, 0.2) is 5.82 Å². The molecule has 1 aliphatic rings. The molecule has 3 rings (SSSR count). The van der Waals surface area contributed by atoms with E-state index in [1.807, 2.05) is 16.8 Å². The number of aromatic nitrogens is 2. The van der Waals surface area contributed by atoms with Gasteiger partial charge in [0.2, 0.25) is 0 Å². The van der Waals surface area contributed by atoms with E-state index >= 15 is 0 Å². The first kappa shape index (κ1) is 10.9. The van der Waals surface area contributed by atoms with Crippen LogP contribution in [0.15, 0.2) is 21.3 Å². The van der Waals surface area contributed by atoms with Gasteiger partial charge in [-0.1, -0.05) is 5.16 Å². The fraction of sp³-hybridized carbons (Fsp3) is 0.455. The van der Waals surface area contributed by atoms with Crippen LogP contribution in [0.4, 0.5) is 0 Å². The number of thiophene rings is 1. The quantitative estimate of drug-likeness (QED) is 0.883. The van der Waals surface area contributed by atoms with Crippen molar-refractivity contribution in [3.63, 3.8) is 0 Å². The third-order valence-electron chi connectivity index (χ3n) is 3.01. The lowest BCUT2D eigenvalue weighted by Gasteiger charge is -2.34. The zero-order valence-corrected chi connectivity index (χ0v) is 10.4. The predicted molar refractivity (Wildman–Crippen MR) is 65.7 cm³/mol. The maximum atomic E-state index is 5.24. The molecule has 90 valence electrons. The van der Waals surface area contributed by atoms with E-state index < -0.39 is 0 Å². The largest absolute Gasteiger partial charge is 0.334 e. The van der Waals surface area contributed by atoms with Crippen molar-refractivity contribution in [2.45, 2.75) is 12.6 Å². The van der Waals surface area contributed by atoms with Gasteiger partial charge in [0.25, 0.3) is 5.89 Å². The van der Waals surface area contributed by atoms with Crippen molar-refractivity contribution in [3.8, 4) is 11.5 Å². The van der Waals surface area contributed by atoms with Crippen LogP contribution in [0.25, 0.3) is 11.5 Å². The normalized spacial score (nSPS) is 16.4. The van der Waals surface area contributed by atoms with Crippen LogP contribution < -0.4 is 5.32 Å². The van der Waals surface area contributed by atoms with Crippen molar-refractivity contribution >= 4 is 11.3 Å². The number of nitrogens with one attached hydrogen (secondary N) is 1. The lowest BCUT2D eigenvalue weighted by atomic mass is 10.1. The first-order valence-corrected chi connectivity index (χ1v) is 6.53. The second kappa shape index (κ2) is 4.56. The minimum absolute atomic E-state index is 0.595. The Bertz CT molecular complexity index is 477. The van der Waals surface area contributed by atoms with Gasteiger partial charge in [0.05, 0.1) is 12.1 Å². The highest BCUT2D eigenvalue weighted by atomic mass is 32.1. The first-order valence-electron chi connectivity index (χ1n) is 5.59. The smallest absolute Gasteiger partial charge is 0.258 e. The summed E-state index contributed by atoms with van der Waals surface area (Å²) in [4.78, 5) is 6.65. The van der Waals surface area contributed by atoms with Gasteiger partial charge in [-0.25, -0.2) is 0 Å². The molecule has 1 N–H and O–H groups in total. The topological polar surface area (TPSA) is 54.2 Å². The van der Waals surface area contributed by atoms with Crippen LogP contribution in [-0.4, -0.2) is 41.2 Å². The molecule has 0 atom stereocenters. The maximum absolute atomic E-state index is 5.24. The molecule has 0 spiro atoms. The summed E-state index contributed by atoms with van der Waals surface area (Å²) in [7, 11) is 2.09. The van der Waals surface area contributed by atoms with Crippen molar-refractivity contribution in [3.05, 3.63) is 22.7 Å². The summed E-state index contributed by atoms with van der Waals surface area (Å²) in [5.74, 6) is 1.36. The first-order chi connectivity index (χ1) is 8.33. The van der Waals surface area contributed by atoms with Crippen LogP contribution in [-0.2, 0) is 6.54 Å².